The lowest BCUT2D eigenvalue weighted by atomic mass is 10.1. The molecule has 10 heteroatoms. The van der Waals surface area contributed by atoms with Gasteiger partial charge in [0, 0.05) is 49.9 Å². The zero-order valence-electron chi connectivity index (χ0n) is 22.4. The fourth-order valence-corrected chi connectivity index (χ4v) is 5.18. The van der Waals surface area contributed by atoms with Crippen molar-refractivity contribution in [3.63, 3.8) is 0 Å². The number of carbonyl (C=O) groups excluding carboxylic acids is 1. The number of benzene rings is 2. The molecule has 5 rings (SSSR count). The highest BCUT2D eigenvalue weighted by Crippen LogP contribution is 2.35. The zero-order chi connectivity index (χ0) is 27.0. The summed E-state index contributed by atoms with van der Waals surface area (Å²) in [5, 5.41) is 12.8. The summed E-state index contributed by atoms with van der Waals surface area (Å²) < 4.78 is 11.8. The average molecular weight is 530 g/mol. The number of hydrogen-bond acceptors (Lipinski definition) is 8. The molecule has 2 amide bonds. The second-order valence-corrected chi connectivity index (χ2v) is 9.92. The van der Waals surface area contributed by atoms with E-state index in [4.69, 9.17) is 14.7 Å². The summed E-state index contributed by atoms with van der Waals surface area (Å²) in [5.74, 6) is 2.18. The maximum atomic E-state index is 12.8. The van der Waals surface area contributed by atoms with E-state index in [1.165, 1.54) is 32.4 Å². The topological polar surface area (TPSA) is 107 Å². The first-order valence-corrected chi connectivity index (χ1v) is 13.6. The van der Waals surface area contributed by atoms with E-state index in [1.807, 2.05) is 12.1 Å². The van der Waals surface area contributed by atoms with E-state index in [2.05, 4.69) is 31.2 Å². The van der Waals surface area contributed by atoms with Crippen molar-refractivity contribution in [2.75, 3.05) is 69.7 Å². The highest BCUT2D eigenvalue weighted by molar-refractivity contribution is 5.92. The summed E-state index contributed by atoms with van der Waals surface area (Å²) in [4.78, 5) is 28.3. The highest BCUT2D eigenvalue weighted by Gasteiger charge is 2.24. The minimum atomic E-state index is -0.157. The smallest absolute Gasteiger partial charge is 0.321 e. The molecule has 3 aromatic rings. The molecular weight excluding hydrogens is 494 g/mol. The number of likely N-dealkylation sites (tertiary alicyclic amines) is 1. The highest BCUT2D eigenvalue weighted by atomic mass is 16.5. The Kier molecular flexibility index (Phi) is 8.58. The molecule has 3 heterocycles. The van der Waals surface area contributed by atoms with Crippen molar-refractivity contribution < 1.29 is 14.3 Å². The Labute approximate surface area is 229 Å². The third-order valence-electron chi connectivity index (χ3n) is 7.36. The molecule has 10 nitrogen and oxygen atoms in total. The third kappa shape index (κ3) is 6.49. The van der Waals surface area contributed by atoms with Crippen molar-refractivity contribution in [2.24, 2.45) is 0 Å². The second-order valence-electron chi connectivity index (χ2n) is 9.92. The number of amides is 2. The number of fused-ring (bicyclic) bond motifs is 1. The van der Waals surface area contributed by atoms with Gasteiger partial charge in [0.1, 0.15) is 12.1 Å². The van der Waals surface area contributed by atoms with Crippen LogP contribution in [0.5, 0.6) is 11.5 Å². The molecule has 0 radical (unpaired) electrons. The van der Waals surface area contributed by atoms with Crippen molar-refractivity contribution in [2.45, 2.75) is 25.7 Å². The standard InChI is InChI=1S/C29H35N7O3/c1-38-26-18-24-25(19-27(26)39-17-5-12-34-10-3-2-4-11-34)31-21-32-28(24)35-13-15-36(16-14-35)29(37)33-23-8-6-22(20-30)7-9-23/h6-9,18-19,21H,2-5,10-17H2,1H3,(H,33,37). The van der Waals surface area contributed by atoms with Gasteiger partial charge in [-0.3, -0.25) is 0 Å². The molecule has 2 aromatic carbocycles. The van der Waals surface area contributed by atoms with Crippen molar-refractivity contribution in [3.05, 3.63) is 48.3 Å². The number of nitriles is 1. The first kappa shape index (κ1) is 26.5. The van der Waals surface area contributed by atoms with Crippen molar-refractivity contribution in [3.8, 4) is 17.6 Å². The summed E-state index contributed by atoms with van der Waals surface area (Å²) in [6.45, 7) is 6.46. The molecule has 204 valence electrons. The summed E-state index contributed by atoms with van der Waals surface area (Å²) >= 11 is 0. The summed E-state index contributed by atoms with van der Waals surface area (Å²) in [6, 6.07) is 12.7. The number of ether oxygens (including phenoxy) is 2. The van der Waals surface area contributed by atoms with Crippen LogP contribution < -0.4 is 19.7 Å². The van der Waals surface area contributed by atoms with Gasteiger partial charge < -0.3 is 29.5 Å². The number of carbonyl (C=O) groups is 1. The van der Waals surface area contributed by atoms with Crippen LogP contribution in [0.25, 0.3) is 10.9 Å². The van der Waals surface area contributed by atoms with Gasteiger partial charge in [-0.2, -0.15) is 5.26 Å². The molecule has 1 aromatic heterocycles. The van der Waals surface area contributed by atoms with Crippen LogP contribution in [0.1, 0.15) is 31.2 Å². The van der Waals surface area contributed by atoms with Gasteiger partial charge in [-0.05, 0) is 62.7 Å². The Hall–Kier alpha value is -4.10. The van der Waals surface area contributed by atoms with Gasteiger partial charge in [-0.15, -0.1) is 0 Å². The van der Waals surface area contributed by atoms with Gasteiger partial charge in [-0.25, -0.2) is 14.8 Å². The monoisotopic (exact) mass is 529 g/mol. The van der Waals surface area contributed by atoms with Crippen LogP contribution in [0.3, 0.4) is 0 Å². The fourth-order valence-electron chi connectivity index (χ4n) is 5.18. The third-order valence-corrected chi connectivity index (χ3v) is 7.36. The molecule has 0 saturated carbocycles. The number of nitrogens with zero attached hydrogens (tertiary/aromatic N) is 6. The number of nitrogens with one attached hydrogen (secondary N) is 1. The summed E-state index contributed by atoms with van der Waals surface area (Å²) in [6.07, 6.45) is 6.48. The van der Waals surface area contributed by atoms with Gasteiger partial charge in [0.15, 0.2) is 11.5 Å². The molecule has 2 fully saturated rings. The van der Waals surface area contributed by atoms with Crippen molar-refractivity contribution in [1.29, 1.82) is 5.26 Å². The second kappa shape index (κ2) is 12.6. The quantitative estimate of drug-likeness (QED) is 0.435. The Balaban J connectivity index is 1.20. The number of urea groups is 1. The molecule has 0 aliphatic carbocycles. The number of piperazine rings is 1. The lowest BCUT2D eigenvalue weighted by molar-refractivity contribution is 0.203. The van der Waals surface area contributed by atoms with E-state index < -0.39 is 0 Å². The predicted molar refractivity (Wildman–Crippen MR) is 150 cm³/mol. The lowest BCUT2D eigenvalue weighted by Gasteiger charge is -2.35. The van der Waals surface area contributed by atoms with E-state index in [0.717, 1.165) is 29.7 Å². The number of anilines is 2. The molecule has 2 aliphatic rings. The fraction of sp³-hybridized carbons (Fsp3) is 0.448. The molecule has 0 spiro atoms. The zero-order valence-corrected chi connectivity index (χ0v) is 22.4. The van der Waals surface area contributed by atoms with Gasteiger partial charge in [0.05, 0.1) is 30.9 Å². The van der Waals surface area contributed by atoms with Crippen LogP contribution in [0.2, 0.25) is 0 Å². The Morgan fingerprint density at radius 3 is 2.49 bits per heavy atom. The van der Waals surface area contributed by atoms with Crippen LogP contribution in [0, 0.1) is 11.3 Å². The molecule has 2 aliphatic heterocycles. The number of methoxy groups -OCH3 is 1. The maximum absolute atomic E-state index is 12.8. The molecular formula is C29H35N7O3. The van der Waals surface area contributed by atoms with Crippen LogP contribution in [-0.2, 0) is 0 Å². The minimum Gasteiger partial charge on any atom is -0.493 e. The van der Waals surface area contributed by atoms with Crippen LogP contribution in [-0.4, -0.2) is 85.3 Å². The van der Waals surface area contributed by atoms with Gasteiger partial charge in [0.2, 0.25) is 0 Å². The van der Waals surface area contributed by atoms with Crippen molar-refractivity contribution >= 4 is 28.4 Å². The lowest BCUT2D eigenvalue weighted by Crippen LogP contribution is -2.50. The average Bonchev–Trinajstić information content (AvgIpc) is 2.99. The Morgan fingerprint density at radius 1 is 1.00 bits per heavy atom. The van der Waals surface area contributed by atoms with Crippen molar-refractivity contribution in [1.82, 2.24) is 19.8 Å². The summed E-state index contributed by atoms with van der Waals surface area (Å²) in [7, 11) is 1.65. The van der Waals surface area contributed by atoms with E-state index in [0.29, 0.717) is 55.5 Å². The normalized spacial score (nSPS) is 16.1. The largest absolute Gasteiger partial charge is 0.493 e. The van der Waals surface area contributed by atoms with Gasteiger partial charge >= 0.3 is 6.03 Å². The number of rotatable bonds is 8. The first-order chi connectivity index (χ1) is 19.1. The maximum Gasteiger partial charge on any atom is 0.321 e. The first-order valence-electron chi connectivity index (χ1n) is 13.6. The van der Waals surface area contributed by atoms with Gasteiger partial charge in [0.25, 0.3) is 0 Å². The van der Waals surface area contributed by atoms with E-state index >= 15 is 0 Å². The van der Waals surface area contributed by atoms with E-state index in [1.54, 1.807) is 42.6 Å². The van der Waals surface area contributed by atoms with E-state index in [9.17, 15) is 4.79 Å². The Bertz CT molecular complexity index is 1310. The molecule has 0 bridgehead atoms. The Morgan fingerprint density at radius 2 is 1.77 bits per heavy atom. The van der Waals surface area contributed by atoms with E-state index in [-0.39, 0.29) is 6.03 Å². The SMILES string of the molecule is COc1cc2c(N3CCN(C(=O)Nc4ccc(C#N)cc4)CC3)ncnc2cc1OCCCN1CCCCC1. The van der Waals surface area contributed by atoms with Crippen LogP contribution >= 0.6 is 0 Å². The molecule has 0 atom stereocenters. The molecule has 39 heavy (non-hydrogen) atoms. The van der Waals surface area contributed by atoms with Gasteiger partial charge in [-0.1, -0.05) is 6.42 Å². The van der Waals surface area contributed by atoms with Crippen LogP contribution in [0.4, 0.5) is 16.3 Å². The number of aromatic nitrogens is 2. The number of piperidine rings is 1. The number of hydrogen-bond donors (Lipinski definition) is 1. The molecule has 2 saturated heterocycles. The summed E-state index contributed by atoms with van der Waals surface area (Å²) in [5.41, 5.74) is 2.02. The van der Waals surface area contributed by atoms with Crippen LogP contribution in [0.15, 0.2) is 42.7 Å². The predicted octanol–water partition coefficient (Wildman–Crippen LogP) is 4.12. The molecule has 0 unspecified atom stereocenters. The minimum absolute atomic E-state index is 0.157. The molecule has 1 N–H and O–H groups in total.